The zero-order valence-electron chi connectivity index (χ0n) is 18.3. The Balaban J connectivity index is 0.000000569. The number of rotatable bonds is 10. The number of aryl methyl sites for hydroxylation is 2. The highest BCUT2D eigenvalue weighted by Crippen LogP contribution is 2.29. The van der Waals surface area contributed by atoms with Gasteiger partial charge in [0.1, 0.15) is 30.4 Å². The van der Waals surface area contributed by atoms with Crippen molar-refractivity contribution in [3.05, 3.63) is 82.9 Å². The summed E-state index contributed by atoms with van der Waals surface area (Å²) >= 11 is 0. The standard InChI is InChI=1S/C20H23N4O3.CH4O4S/c1-22-12-13-23(16-22)11-5-10-21-19-9-8-18(14-20(19)24(25)26)27-15-17-6-3-2-4-7-17;1-5-6(2,3)4/h2-4,6-9,12-14,16,21H,5,10-11,15H2,1H3;1H3,(H,2,3,4)/q+1;/p-1. The van der Waals surface area contributed by atoms with Gasteiger partial charge in [-0.25, -0.2) is 17.6 Å². The van der Waals surface area contributed by atoms with Crippen LogP contribution in [0.4, 0.5) is 11.4 Å². The van der Waals surface area contributed by atoms with Gasteiger partial charge in [0.2, 0.25) is 16.7 Å². The molecular formula is C21H26N4O7S. The second kappa shape index (κ2) is 12.5. The molecule has 3 aromatic rings. The molecule has 1 aromatic heterocycles. The van der Waals surface area contributed by atoms with Gasteiger partial charge in [-0.2, -0.15) is 0 Å². The first-order valence-corrected chi connectivity index (χ1v) is 11.2. The summed E-state index contributed by atoms with van der Waals surface area (Å²) in [5.41, 5.74) is 1.54. The highest BCUT2D eigenvalue weighted by molar-refractivity contribution is 7.80. The Hall–Kier alpha value is -3.48. The Morgan fingerprint density at radius 2 is 1.88 bits per heavy atom. The predicted octanol–water partition coefficient (Wildman–Crippen LogP) is 2.40. The van der Waals surface area contributed by atoms with E-state index in [1.165, 1.54) is 6.07 Å². The number of hydrogen-bond donors (Lipinski definition) is 1. The smallest absolute Gasteiger partial charge is 0.296 e. The summed E-state index contributed by atoms with van der Waals surface area (Å²) in [6.45, 7) is 1.87. The molecule has 0 unspecified atom stereocenters. The number of nitro groups is 1. The van der Waals surface area contributed by atoms with Crippen molar-refractivity contribution >= 4 is 21.8 Å². The average molecular weight is 479 g/mol. The second-order valence-corrected chi connectivity index (χ2v) is 8.03. The summed E-state index contributed by atoms with van der Waals surface area (Å²) in [4.78, 5) is 11.0. The lowest BCUT2D eigenvalue weighted by Gasteiger charge is -2.10. The molecule has 2 aromatic carbocycles. The molecule has 3 rings (SSSR count). The van der Waals surface area contributed by atoms with Crippen molar-refractivity contribution in [1.29, 1.82) is 0 Å². The number of nitrogens with zero attached hydrogens (tertiary/aromatic N) is 3. The minimum Gasteiger partial charge on any atom is -0.726 e. The SMILES string of the molecule is COS(=O)(=O)[O-].C[n+]1ccn(CCCNc2ccc(OCc3ccccc3)cc2[N+](=O)[O-])c1. The molecular weight excluding hydrogens is 452 g/mol. The number of nitrogens with one attached hydrogen (secondary N) is 1. The van der Waals surface area contributed by atoms with Crippen LogP contribution in [-0.4, -0.2) is 36.1 Å². The first-order chi connectivity index (χ1) is 15.7. The van der Waals surface area contributed by atoms with E-state index in [0.717, 1.165) is 25.6 Å². The lowest BCUT2D eigenvalue weighted by Crippen LogP contribution is -2.23. The number of anilines is 1. The average Bonchev–Trinajstić information content (AvgIpc) is 3.21. The van der Waals surface area contributed by atoms with Crippen molar-refractivity contribution in [2.24, 2.45) is 7.05 Å². The van der Waals surface area contributed by atoms with Gasteiger partial charge in [0.05, 0.1) is 31.7 Å². The molecule has 0 saturated carbocycles. The number of nitro benzene ring substituents is 1. The van der Waals surface area contributed by atoms with Gasteiger partial charge in [-0.15, -0.1) is 0 Å². The maximum atomic E-state index is 11.4. The molecule has 0 saturated heterocycles. The van der Waals surface area contributed by atoms with Crippen molar-refractivity contribution in [3.8, 4) is 5.75 Å². The minimum absolute atomic E-state index is 0.0212. The fraction of sp³-hybridized carbons (Fsp3) is 0.286. The molecule has 11 nitrogen and oxygen atoms in total. The van der Waals surface area contributed by atoms with E-state index in [2.05, 4.69) is 14.1 Å². The van der Waals surface area contributed by atoms with Crippen LogP contribution in [0.25, 0.3) is 0 Å². The van der Waals surface area contributed by atoms with Gasteiger partial charge in [0.25, 0.3) is 5.69 Å². The Kier molecular flexibility index (Phi) is 9.79. The van der Waals surface area contributed by atoms with E-state index in [1.54, 1.807) is 12.1 Å². The molecule has 0 atom stereocenters. The monoisotopic (exact) mass is 478 g/mol. The molecule has 0 bridgehead atoms. The van der Waals surface area contributed by atoms with Crippen LogP contribution in [0.1, 0.15) is 12.0 Å². The third-order valence-electron chi connectivity index (χ3n) is 4.35. The van der Waals surface area contributed by atoms with Crippen LogP contribution in [0.5, 0.6) is 5.75 Å². The summed E-state index contributed by atoms with van der Waals surface area (Å²) in [5.74, 6) is 0.482. The highest BCUT2D eigenvalue weighted by atomic mass is 32.3. The van der Waals surface area contributed by atoms with Crippen LogP contribution in [-0.2, 0) is 34.8 Å². The topological polar surface area (TPSA) is 140 Å². The number of aromatic nitrogens is 2. The first kappa shape index (κ1) is 25.8. The largest absolute Gasteiger partial charge is 0.726 e. The van der Waals surface area contributed by atoms with Crippen LogP contribution >= 0.6 is 0 Å². The molecule has 0 radical (unpaired) electrons. The van der Waals surface area contributed by atoms with Gasteiger partial charge in [0.15, 0.2) is 0 Å². The number of hydrogen-bond acceptors (Lipinski definition) is 8. The molecule has 0 fully saturated rings. The Labute approximate surface area is 192 Å². The summed E-state index contributed by atoms with van der Waals surface area (Å²) in [6, 6.07) is 14.6. The Morgan fingerprint density at radius 3 is 2.45 bits per heavy atom. The van der Waals surface area contributed by atoms with Crippen LogP contribution in [0.2, 0.25) is 0 Å². The third-order valence-corrected chi connectivity index (χ3v) is 4.76. The summed E-state index contributed by atoms with van der Waals surface area (Å²) < 4.78 is 40.8. The van der Waals surface area contributed by atoms with Crippen LogP contribution in [0.15, 0.2) is 67.3 Å². The van der Waals surface area contributed by atoms with E-state index in [0.29, 0.717) is 24.6 Å². The lowest BCUT2D eigenvalue weighted by atomic mass is 10.2. The molecule has 0 aliphatic rings. The number of imidazole rings is 1. The van der Waals surface area contributed by atoms with Crippen LogP contribution in [0.3, 0.4) is 0 Å². The predicted molar refractivity (Wildman–Crippen MR) is 119 cm³/mol. The summed E-state index contributed by atoms with van der Waals surface area (Å²) in [7, 11) is -1.63. The molecule has 0 amide bonds. The van der Waals surface area contributed by atoms with E-state index in [-0.39, 0.29) is 10.6 Å². The summed E-state index contributed by atoms with van der Waals surface area (Å²) in [6.07, 6.45) is 6.84. The van der Waals surface area contributed by atoms with E-state index < -0.39 is 10.4 Å². The fourth-order valence-electron chi connectivity index (χ4n) is 2.76. The zero-order chi connectivity index (χ0) is 24.3. The lowest BCUT2D eigenvalue weighted by molar-refractivity contribution is -0.671. The number of benzene rings is 2. The van der Waals surface area contributed by atoms with E-state index in [1.807, 2.05) is 60.7 Å². The maximum Gasteiger partial charge on any atom is 0.296 e. The van der Waals surface area contributed by atoms with Crippen LogP contribution < -0.4 is 14.6 Å². The van der Waals surface area contributed by atoms with Gasteiger partial charge in [-0.05, 0) is 17.7 Å². The maximum absolute atomic E-state index is 11.4. The van der Waals surface area contributed by atoms with E-state index in [9.17, 15) is 23.1 Å². The van der Waals surface area contributed by atoms with Gasteiger partial charge in [0, 0.05) is 13.0 Å². The van der Waals surface area contributed by atoms with Gasteiger partial charge >= 0.3 is 0 Å². The second-order valence-electron chi connectivity index (χ2n) is 6.88. The van der Waals surface area contributed by atoms with Crippen molar-refractivity contribution in [2.75, 3.05) is 19.0 Å². The first-order valence-electron chi connectivity index (χ1n) is 9.89. The minimum atomic E-state index is -4.41. The molecule has 1 heterocycles. The van der Waals surface area contributed by atoms with E-state index >= 15 is 0 Å². The van der Waals surface area contributed by atoms with Gasteiger partial charge in [-0.1, -0.05) is 30.3 Å². The molecule has 1 N–H and O–H groups in total. The normalized spacial score (nSPS) is 10.8. The quantitative estimate of drug-likeness (QED) is 0.117. The van der Waals surface area contributed by atoms with Gasteiger partial charge in [-0.3, -0.25) is 14.3 Å². The van der Waals surface area contributed by atoms with Crippen LogP contribution in [0, 0.1) is 10.1 Å². The molecule has 178 valence electrons. The Morgan fingerprint density at radius 1 is 1.18 bits per heavy atom. The van der Waals surface area contributed by atoms with Crippen molar-refractivity contribution < 1.29 is 31.4 Å². The molecule has 0 aliphatic heterocycles. The van der Waals surface area contributed by atoms with Crippen molar-refractivity contribution in [1.82, 2.24) is 4.57 Å². The zero-order valence-corrected chi connectivity index (χ0v) is 19.1. The highest BCUT2D eigenvalue weighted by Gasteiger charge is 2.15. The molecule has 33 heavy (non-hydrogen) atoms. The van der Waals surface area contributed by atoms with Gasteiger partial charge < -0.3 is 14.6 Å². The summed E-state index contributed by atoms with van der Waals surface area (Å²) in [5, 5.41) is 14.6. The van der Waals surface area contributed by atoms with Crippen molar-refractivity contribution in [3.63, 3.8) is 0 Å². The molecule has 0 spiro atoms. The van der Waals surface area contributed by atoms with Crippen molar-refractivity contribution in [2.45, 2.75) is 19.6 Å². The molecule has 0 aliphatic carbocycles. The molecule has 12 heteroatoms. The third kappa shape index (κ3) is 9.68. The Bertz CT molecular complexity index is 1130. The number of ether oxygens (including phenoxy) is 1. The fourth-order valence-corrected chi connectivity index (χ4v) is 2.76. The van der Waals surface area contributed by atoms with E-state index in [4.69, 9.17) is 4.74 Å².